The molecule has 0 saturated heterocycles. The van der Waals surface area contributed by atoms with Crippen molar-refractivity contribution in [3.8, 4) is 28.3 Å². The van der Waals surface area contributed by atoms with Crippen LogP contribution in [0.2, 0.25) is 0 Å². The summed E-state index contributed by atoms with van der Waals surface area (Å²) >= 11 is 5.32. The van der Waals surface area contributed by atoms with Gasteiger partial charge in [0.2, 0.25) is 5.89 Å². The molecule has 1 aromatic heterocycles. The minimum Gasteiger partial charge on any atom is -0.496 e. The van der Waals surface area contributed by atoms with Gasteiger partial charge in [0.05, 0.1) is 12.7 Å². The zero-order valence-corrected chi connectivity index (χ0v) is 19.6. The summed E-state index contributed by atoms with van der Waals surface area (Å²) in [5.41, 5.74) is 5.57. The Morgan fingerprint density at radius 3 is 2.31 bits per heavy atom. The summed E-state index contributed by atoms with van der Waals surface area (Å²) in [5.74, 6) is 0.647. The number of ether oxygens (including phenoxy) is 1. The van der Waals surface area contributed by atoms with Crippen LogP contribution in [0, 0.1) is 0 Å². The molecular formula is C28H21N3O3S. The number of amides is 1. The molecule has 172 valence electrons. The number of methoxy groups -OCH3 is 1. The third-order valence-electron chi connectivity index (χ3n) is 5.46. The number of anilines is 1. The summed E-state index contributed by atoms with van der Waals surface area (Å²) in [4.78, 5) is 17.2. The Balaban J connectivity index is 1.30. The summed E-state index contributed by atoms with van der Waals surface area (Å²) < 4.78 is 11.2. The molecule has 0 fully saturated rings. The molecule has 35 heavy (non-hydrogen) atoms. The van der Waals surface area contributed by atoms with Crippen molar-refractivity contribution in [1.82, 2.24) is 10.3 Å². The summed E-state index contributed by atoms with van der Waals surface area (Å²) in [6.45, 7) is 0. The van der Waals surface area contributed by atoms with E-state index in [0.717, 1.165) is 16.7 Å². The largest absolute Gasteiger partial charge is 0.496 e. The van der Waals surface area contributed by atoms with Crippen LogP contribution in [0.4, 0.5) is 5.69 Å². The van der Waals surface area contributed by atoms with E-state index in [1.54, 1.807) is 24.3 Å². The first-order valence-corrected chi connectivity index (χ1v) is 11.3. The number of hydrogen-bond donors (Lipinski definition) is 2. The number of para-hydroxylation sites is 1. The van der Waals surface area contributed by atoms with E-state index in [-0.39, 0.29) is 11.0 Å². The second-order valence-electron chi connectivity index (χ2n) is 7.75. The molecule has 0 radical (unpaired) electrons. The van der Waals surface area contributed by atoms with Crippen LogP contribution in [0.25, 0.3) is 33.7 Å². The first-order valence-electron chi connectivity index (χ1n) is 10.9. The maximum atomic E-state index is 12.6. The normalized spacial score (nSPS) is 10.7. The zero-order valence-electron chi connectivity index (χ0n) is 18.8. The van der Waals surface area contributed by atoms with E-state index in [1.807, 2.05) is 48.5 Å². The van der Waals surface area contributed by atoms with E-state index in [2.05, 4.69) is 39.9 Å². The molecular weight excluding hydrogens is 458 g/mol. The summed E-state index contributed by atoms with van der Waals surface area (Å²) in [7, 11) is 1.52. The highest BCUT2D eigenvalue weighted by Crippen LogP contribution is 2.28. The van der Waals surface area contributed by atoms with E-state index in [0.29, 0.717) is 34.0 Å². The molecule has 1 amide bonds. The lowest BCUT2D eigenvalue weighted by Gasteiger charge is -2.11. The predicted octanol–water partition coefficient (Wildman–Crippen LogP) is 6.30. The topological polar surface area (TPSA) is 76.4 Å². The van der Waals surface area contributed by atoms with Crippen molar-refractivity contribution in [3.63, 3.8) is 0 Å². The minimum atomic E-state index is -0.358. The molecule has 4 aromatic carbocycles. The van der Waals surface area contributed by atoms with Crippen molar-refractivity contribution >= 4 is 40.0 Å². The Kier molecular flexibility index (Phi) is 6.24. The number of oxazole rings is 1. The van der Waals surface area contributed by atoms with Crippen molar-refractivity contribution in [2.45, 2.75) is 0 Å². The number of hydrogen-bond acceptors (Lipinski definition) is 5. The highest BCUT2D eigenvalue weighted by Gasteiger charge is 2.14. The second kappa shape index (κ2) is 9.79. The SMILES string of the molecule is COc1ccccc1C(=O)NC(=S)Nc1ccc2oc(-c3ccc(-c4ccccc4)cc3)nc2c1. The molecule has 6 nitrogen and oxygen atoms in total. The van der Waals surface area contributed by atoms with Crippen LogP contribution >= 0.6 is 12.2 Å². The number of nitrogens with one attached hydrogen (secondary N) is 2. The van der Waals surface area contributed by atoms with E-state index in [4.69, 9.17) is 21.4 Å². The first kappa shape index (κ1) is 22.3. The molecule has 0 aliphatic rings. The molecule has 5 rings (SSSR count). The lowest BCUT2D eigenvalue weighted by atomic mass is 10.0. The van der Waals surface area contributed by atoms with Crippen LogP contribution in [0.5, 0.6) is 5.75 Å². The Labute approximate surface area is 207 Å². The van der Waals surface area contributed by atoms with Gasteiger partial charge >= 0.3 is 0 Å². The number of rotatable bonds is 5. The quantitative estimate of drug-likeness (QED) is 0.288. The Bertz CT molecular complexity index is 1510. The maximum Gasteiger partial charge on any atom is 0.261 e. The summed E-state index contributed by atoms with van der Waals surface area (Å²) in [6.07, 6.45) is 0. The van der Waals surface area contributed by atoms with Gasteiger partial charge < -0.3 is 14.5 Å². The number of carbonyl (C=O) groups excluding carboxylic acids is 1. The molecule has 1 heterocycles. The molecule has 2 N–H and O–H groups in total. The van der Waals surface area contributed by atoms with E-state index < -0.39 is 0 Å². The van der Waals surface area contributed by atoms with Gasteiger partial charge in [-0.15, -0.1) is 0 Å². The van der Waals surface area contributed by atoms with Crippen LogP contribution < -0.4 is 15.4 Å². The van der Waals surface area contributed by atoms with Crippen molar-refractivity contribution in [2.24, 2.45) is 0 Å². The molecule has 0 bridgehead atoms. The smallest absolute Gasteiger partial charge is 0.261 e. The minimum absolute atomic E-state index is 0.167. The van der Waals surface area contributed by atoms with Gasteiger partial charge in [0, 0.05) is 11.3 Å². The highest BCUT2D eigenvalue weighted by molar-refractivity contribution is 7.80. The Morgan fingerprint density at radius 1 is 0.857 bits per heavy atom. The fourth-order valence-corrected chi connectivity index (χ4v) is 3.94. The van der Waals surface area contributed by atoms with Gasteiger partial charge in [0.15, 0.2) is 10.7 Å². The van der Waals surface area contributed by atoms with Crippen LogP contribution in [0.15, 0.2) is 101 Å². The van der Waals surface area contributed by atoms with E-state index in [1.165, 1.54) is 7.11 Å². The molecule has 0 aliphatic carbocycles. The number of aromatic nitrogens is 1. The number of carbonyl (C=O) groups is 1. The lowest BCUT2D eigenvalue weighted by Crippen LogP contribution is -2.34. The van der Waals surface area contributed by atoms with Crippen molar-refractivity contribution < 1.29 is 13.9 Å². The molecule has 0 unspecified atom stereocenters. The molecule has 0 aliphatic heterocycles. The number of fused-ring (bicyclic) bond motifs is 1. The number of benzene rings is 4. The van der Waals surface area contributed by atoms with Gasteiger partial charge in [-0.1, -0.05) is 54.6 Å². The highest BCUT2D eigenvalue weighted by atomic mass is 32.1. The summed E-state index contributed by atoms with van der Waals surface area (Å²) in [6, 6.07) is 30.7. The van der Waals surface area contributed by atoms with Gasteiger partial charge in [-0.3, -0.25) is 10.1 Å². The Hall–Kier alpha value is -4.49. The fourth-order valence-electron chi connectivity index (χ4n) is 3.73. The standard InChI is InChI=1S/C28H21N3O3S/c1-33-24-10-6-5-9-22(24)26(32)31-28(35)29-21-15-16-25-23(17-21)30-27(34-25)20-13-11-19(12-14-20)18-7-3-2-4-8-18/h2-17H,1H3,(H2,29,31,32,35). The predicted molar refractivity (Wildman–Crippen MR) is 142 cm³/mol. The molecule has 0 saturated carbocycles. The van der Waals surface area contributed by atoms with Gasteiger partial charge in [-0.25, -0.2) is 4.98 Å². The van der Waals surface area contributed by atoms with Crippen molar-refractivity contribution in [1.29, 1.82) is 0 Å². The first-order chi connectivity index (χ1) is 17.1. The van der Waals surface area contributed by atoms with Crippen LogP contribution in [0.1, 0.15) is 10.4 Å². The van der Waals surface area contributed by atoms with Crippen LogP contribution in [0.3, 0.4) is 0 Å². The van der Waals surface area contributed by atoms with Crippen LogP contribution in [-0.4, -0.2) is 23.1 Å². The number of nitrogens with zero attached hydrogens (tertiary/aromatic N) is 1. The fraction of sp³-hybridized carbons (Fsp3) is 0.0357. The molecule has 5 aromatic rings. The van der Waals surface area contributed by atoms with Crippen molar-refractivity contribution in [3.05, 3.63) is 103 Å². The number of thiocarbonyl (C=S) groups is 1. The second-order valence-corrected chi connectivity index (χ2v) is 8.16. The van der Waals surface area contributed by atoms with Gasteiger partial charge in [-0.2, -0.15) is 0 Å². The average Bonchev–Trinajstić information content (AvgIpc) is 3.32. The van der Waals surface area contributed by atoms with E-state index >= 15 is 0 Å². The monoisotopic (exact) mass is 479 g/mol. The van der Waals surface area contributed by atoms with Gasteiger partial charge in [0.1, 0.15) is 11.3 Å². The molecule has 0 atom stereocenters. The van der Waals surface area contributed by atoms with Crippen LogP contribution in [-0.2, 0) is 0 Å². The third-order valence-corrected chi connectivity index (χ3v) is 5.67. The summed E-state index contributed by atoms with van der Waals surface area (Å²) in [5, 5.41) is 5.87. The molecule has 7 heteroatoms. The molecule has 0 spiro atoms. The van der Waals surface area contributed by atoms with Gasteiger partial charge in [-0.05, 0) is 65.8 Å². The third kappa shape index (κ3) is 4.90. The lowest BCUT2D eigenvalue weighted by molar-refractivity contribution is 0.0975. The van der Waals surface area contributed by atoms with E-state index in [9.17, 15) is 4.79 Å². The zero-order chi connectivity index (χ0) is 24.2. The van der Waals surface area contributed by atoms with Crippen molar-refractivity contribution in [2.75, 3.05) is 12.4 Å². The average molecular weight is 480 g/mol. The Morgan fingerprint density at radius 2 is 1.54 bits per heavy atom. The maximum absolute atomic E-state index is 12.6. The van der Waals surface area contributed by atoms with Gasteiger partial charge in [0.25, 0.3) is 5.91 Å².